The van der Waals surface area contributed by atoms with E-state index in [2.05, 4.69) is 4.72 Å². The van der Waals surface area contributed by atoms with Crippen molar-refractivity contribution in [2.75, 3.05) is 26.7 Å². The summed E-state index contributed by atoms with van der Waals surface area (Å²) in [7, 11) is -2.32. The topological polar surface area (TPSA) is 102 Å². The van der Waals surface area contributed by atoms with Crippen molar-refractivity contribution in [2.45, 2.75) is 83.6 Å². The number of sulfonamides is 1. The van der Waals surface area contributed by atoms with Crippen molar-refractivity contribution in [3.05, 3.63) is 24.3 Å². The fraction of sp³-hybridized carbons (Fsp3) is 0.692. The normalized spacial score (nSPS) is 16.6. The van der Waals surface area contributed by atoms with E-state index in [1.807, 2.05) is 13.8 Å². The van der Waals surface area contributed by atoms with Gasteiger partial charge in [-0.05, 0) is 89.5 Å². The molecule has 1 aliphatic heterocycles. The number of nitrogens with zero attached hydrogens (tertiary/aromatic N) is 1. The largest absolute Gasteiger partial charge is 0.497 e. The number of carbonyl (C=O) groups is 2. The molecular formula is C26H42N2O6S. The molecule has 1 atom stereocenters. The molecule has 0 spiro atoms. The van der Waals surface area contributed by atoms with Gasteiger partial charge < -0.3 is 14.4 Å². The second-order valence-corrected chi connectivity index (χ2v) is 12.5. The van der Waals surface area contributed by atoms with Crippen molar-refractivity contribution in [3.8, 4) is 5.75 Å². The molecule has 1 heterocycles. The van der Waals surface area contributed by atoms with Crippen LogP contribution in [0.3, 0.4) is 0 Å². The van der Waals surface area contributed by atoms with Crippen LogP contribution in [0, 0.1) is 11.3 Å². The average molecular weight is 511 g/mol. The Balaban J connectivity index is 2.33. The molecule has 0 saturated carbocycles. The van der Waals surface area contributed by atoms with Crippen LogP contribution in [-0.4, -0.2) is 57.5 Å². The lowest BCUT2D eigenvalue weighted by atomic mass is 9.76. The molecule has 1 fully saturated rings. The van der Waals surface area contributed by atoms with Gasteiger partial charge in [-0.1, -0.05) is 13.8 Å². The minimum Gasteiger partial charge on any atom is -0.497 e. The quantitative estimate of drug-likeness (QED) is 0.355. The third-order valence-electron chi connectivity index (χ3n) is 6.20. The summed E-state index contributed by atoms with van der Waals surface area (Å²) in [6, 6.07) is 6.06. The standard InChI is InChI=1S/C26H42N2O6S/c1-20(2)14-15-26(24(30)34-25(3,4)5,23(29)28-18-8-7-9-19-28)16-17-27-35(31,32)22-12-10-21(33-6)11-13-22/h10-13,20,27H,7-9,14-19H2,1-6H3/t26-/m0/s1. The van der Waals surface area contributed by atoms with Crippen LogP contribution in [0.25, 0.3) is 0 Å². The van der Waals surface area contributed by atoms with Gasteiger partial charge in [-0.2, -0.15) is 0 Å². The molecule has 0 radical (unpaired) electrons. The summed E-state index contributed by atoms with van der Waals surface area (Å²) in [5.74, 6) is -0.0173. The van der Waals surface area contributed by atoms with Gasteiger partial charge in [0.25, 0.3) is 0 Å². The summed E-state index contributed by atoms with van der Waals surface area (Å²) >= 11 is 0. The molecule has 0 aliphatic carbocycles. The Morgan fingerprint density at radius 2 is 1.63 bits per heavy atom. The molecule has 1 aliphatic rings. The van der Waals surface area contributed by atoms with E-state index in [9.17, 15) is 18.0 Å². The molecule has 2 rings (SSSR count). The number of amides is 1. The van der Waals surface area contributed by atoms with E-state index >= 15 is 0 Å². The van der Waals surface area contributed by atoms with Gasteiger partial charge in [-0.15, -0.1) is 0 Å². The molecule has 0 unspecified atom stereocenters. The van der Waals surface area contributed by atoms with E-state index in [-0.39, 0.29) is 29.7 Å². The van der Waals surface area contributed by atoms with Crippen LogP contribution >= 0.6 is 0 Å². The Morgan fingerprint density at radius 3 is 2.14 bits per heavy atom. The zero-order valence-electron chi connectivity index (χ0n) is 22.1. The van der Waals surface area contributed by atoms with Crippen molar-refractivity contribution in [1.29, 1.82) is 0 Å². The number of esters is 1. The van der Waals surface area contributed by atoms with Crippen LogP contribution in [0.15, 0.2) is 29.2 Å². The van der Waals surface area contributed by atoms with Crippen LogP contribution in [0.5, 0.6) is 5.75 Å². The minimum atomic E-state index is -3.83. The highest BCUT2D eigenvalue weighted by molar-refractivity contribution is 7.89. The number of hydrogen-bond acceptors (Lipinski definition) is 6. The molecule has 1 aromatic rings. The summed E-state index contributed by atoms with van der Waals surface area (Å²) < 4.78 is 39.2. The SMILES string of the molecule is COc1ccc(S(=O)(=O)NCC[C@](CCC(C)C)(C(=O)OC(C)(C)C)C(=O)N2CCCCC2)cc1. The van der Waals surface area contributed by atoms with E-state index in [0.29, 0.717) is 31.7 Å². The molecule has 1 amide bonds. The highest BCUT2D eigenvalue weighted by Gasteiger charge is 2.50. The Kier molecular flexibility index (Phi) is 10.2. The molecule has 1 saturated heterocycles. The first-order chi connectivity index (χ1) is 16.3. The first kappa shape index (κ1) is 29.1. The summed E-state index contributed by atoms with van der Waals surface area (Å²) in [4.78, 5) is 29.3. The van der Waals surface area contributed by atoms with Gasteiger partial charge in [0.1, 0.15) is 16.8 Å². The second-order valence-electron chi connectivity index (χ2n) is 10.7. The molecule has 1 N–H and O–H groups in total. The Labute approximate surface area is 210 Å². The fourth-order valence-corrected chi connectivity index (χ4v) is 5.21. The second kappa shape index (κ2) is 12.2. The number of methoxy groups -OCH3 is 1. The first-order valence-corrected chi connectivity index (χ1v) is 14.0. The zero-order valence-corrected chi connectivity index (χ0v) is 22.9. The van der Waals surface area contributed by atoms with Crippen molar-refractivity contribution >= 4 is 21.9 Å². The third kappa shape index (κ3) is 8.20. The van der Waals surface area contributed by atoms with Gasteiger partial charge in [0, 0.05) is 19.6 Å². The molecule has 0 bridgehead atoms. The van der Waals surface area contributed by atoms with Gasteiger partial charge in [0.05, 0.1) is 12.0 Å². The number of nitrogens with one attached hydrogen (secondary N) is 1. The summed E-state index contributed by atoms with van der Waals surface area (Å²) in [5.41, 5.74) is -2.22. The molecule has 9 heteroatoms. The van der Waals surface area contributed by atoms with Gasteiger partial charge in [-0.25, -0.2) is 13.1 Å². The van der Waals surface area contributed by atoms with Crippen molar-refractivity contribution in [3.63, 3.8) is 0 Å². The highest BCUT2D eigenvalue weighted by Crippen LogP contribution is 2.36. The van der Waals surface area contributed by atoms with Crippen LogP contribution in [-0.2, 0) is 24.3 Å². The molecule has 1 aromatic carbocycles. The number of likely N-dealkylation sites (tertiary alicyclic amines) is 1. The number of hydrogen-bond donors (Lipinski definition) is 1. The maximum absolute atomic E-state index is 13.9. The Morgan fingerprint density at radius 1 is 1.03 bits per heavy atom. The molecule has 35 heavy (non-hydrogen) atoms. The van der Waals surface area contributed by atoms with Crippen LogP contribution in [0.4, 0.5) is 0 Å². The van der Waals surface area contributed by atoms with E-state index in [1.165, 1.54) is 19.2 Å². The first-order valence-electron chi connectivity index (χ1n) is 12.5. The summed E-state index contributed by atoms with van der Waals surface area (Å²) in [5, 5.41) is 0. The number of rotatable bonds is 11. The molecular weight excluding hydrogens is 468 g/mol. The number of benzene rings is 1. The van der Waals surface area contributed by atoms with Crippen LogP contribution in [0.2, 0.25) is 0 Å². The van der Waals surface area contributed by atoms with Crippen molar-refractivity contribution in [1.82, 2.24) is 9.62 Å². The lowest BCUT2D eigenvalue weighted by Crippen LogP contribution is -2.53. The zero-order chi connectivity index (χ0) is 26.3. The highest BCUT2D eigenvalue weighted by atomic mass is 32.2. The van der Waals surface area contributed by atoms with E-state index in [1.54, 1.807) is 37.8 Å². The van der Waals surface area contributed by atoms with Crippen molar-refractivity contribution < 1.29 is 27.5 Å². The van der Waals surface area contributed by atoms with E-state index in [4.69, 9.17) is 9.47 Å². The third-order valence-corrected chi connectivity index (χ3v) is 7.68. The predicted octanol–water partition coefficient (Wildman–Crippen LogP) is 4.14. The van der Waals surface area contributed by atoms with Crippen molar-refractivity contribution in [2.24, 2.45) is 11.3 Å². The number of piperidine rings is 1. The lowest BCUT2D eigenvalue weighted by Gasteiger charge is -2.39. The molecule has 8 nitrogen and oxygen atoms in total. The Hall–Kier alpha value is -2.13. The van der Waals surface area contributed by atoms with Gasteiger partial charge in [-0.3, -0.25) is 9.59 Å². The predicted molar refractivity (Wildman–Crippen MR) is 136 cm³/mol. The van der Waals surface area contributed by atoms with Crippen LogP contribution < -0.4 is 9.46 Å². The van der Waals surface area contributed by atoms with Gasteiger partial charge in [0.2, 0.25) is 15.9 Å². The minimum absolute atomic E-state index is 0.0271. The van der Waals surface area contributed by atoms with Gasteiger partial charge >= 0.3 is 5.97 Å². The fourth-order valence-electron chi connectivity index (χ4n) is 4.18. The molecule has 0 aromatic heterocycles. The Bertz CT molecular complexity index is 947. The maximum atomic E-state index is 13.9. The monoisotopic (exact) mass is 510 g/mol. The maximum Gasteiger partial charge on any atom is 0.322 e. The average Bonchev–Trinajstić information content (AvgIpc) is 2.80. The smallest absolute Gasteiger partial charge is 0.322 e. The molecule has 198 valence electrons. The van der Waals surface area contributed by atoms with Crippen LogP contribution in [0.1, 0.15) is 73.1 Å². The number of carbonyl (C=O) groups excluding carboxylic acids is 2. The lowest BCUT2D eigenvalue weighted by molar-refractivity contribution is -0.176. The van der Waals surface area contributed by atoms with E-state index < -0.39 is 27.0 Å². The summed E-state index contributed by atoms with van der Waals surface area (Å²) in [6.07, 6.45) is 3.81. The van der Waals surface area contributed by atoms with E-state index in [0.717, 1.165) is 19.3 Å². The van der Waals surface area contributed by atoms with Gasteiger partial charge in [0.15, 0.2) is 0 Å². The summed E-state index contributed by atoms with van der Waals surface area (Å²) in [6.45, 7) is 10.5. The number of ether oxygens (including phenoxy) is 2.